The Balaban J connectivity index is 0.00000441. The van der Waals surface area contributed by atoms with E-state index in [1.165, 1.54) is 11.1 Å². The lowest BCUT2D eigenvalue weighted by atomic mass is 10.1. The number of carbonyl (C=O) groups is 1. The molecular formula is C15H25IN4O2. The number of hydrogen-bond acceptors (Lipinski definition) is 3. The highest BCUT2D eigenvalue weighted by Gasteiger charge is 2.03. The van der Waals surface area contributed by atoms with E-state index in [0.717, 1.165) is 0 Å². The Hall–Kier alpha value is -1.35. The zero-order valence-electron chi connectivity index (χ0n) is 13.3. The predicted molar refractivity (Wildman–Crippen MR) is 99.7 cm³/mol. The van der Waals surface area contributed by atoms with E-state index >= 15 is 0 Å². The fourth-order valence-corrected chi connectivity index (χ4v) is 1.73. The Morgan fingerprint density at radius 2 is 1.95 bits per heavy atom. The van der Waals surface area contributed by atoms with E-state index in [0.29, 0.717) is 25.7 Å². The second-order valence-corrected chi connectivity index (χ2v) is 4.55. The Morgan fingerprint density at radius 1 is 1.23 bits per heavy atom. The highest BCUT2D eigenvalue weighted by molar-refractivity contribution is 14.0. The molecule has 1 rings (SSSR count). The maximum Gasteiger partial charge on any atom is 0.239 e. The van der Waals surface area contributed by atoms with Crippen molar-refractivity contribution < 1.29 is 9.53 Å². The van der Waals surface area contributed by atoms with Gasteiger partial charge in [0.05, 0.1) is 13.2 Å². The first-order valence-corrected chi connectivity index (χ1v) is 6.92. The van der Waals surface area contributed by atoms with Gasteiger partial charge in [-0.15, -0.1) is 24.0 Å². The minimum absolute atomic E-state index is 0. The van der Waals surface area contributed by atoms with Crippen LogP contribution in [-0.4, -0.2) is 45.7 Å². The molecular weight excluding hydrogens is 395 g/mol. The van der Waals surface area contributed by atoms with Crippen molar-refractivity contribution in [1.29, 1.82) is 0 Å². The maximum absolute atomic E-state index is 11.6. The number of nitrogens with one attached hydrogen (secondary N) is 3. The zero-order chi connectivity index (χ0) is 15.5. The molecule has 0 saturated carbocycles. The molecule has 124 valence electrons. The van der Waals surface area contributed by atoms with Crippen LogP contribution in [0.2, 0.25) is 0 Å². The smallest absolute Gasteiger partial charge is 0.239 e. The molecule has 22 heavy (non-hydrogen) atoms. The molecule has 0 atom stereocenters. The number of guanidine groups is 1. The first-order chi connectivity index (χ1) is 10.2. The van der Waals surface area contributed by atoms with Crippen molar-refractivity contribution >= 4 is 35.8 Å². The Bertz CT molecular complexity index is 480. The van der Waals surface area contributed by atoms with Crippen molar-refractivity contribution in [2.24, 2.45) is 4.99 Å². The Morgan fingerprint density at radius 3 is 2.59 bits per heavy atom. The molecule has 0 aromatic heterocycles. The topological polar surface area (TPSA) is 74.8 Å². The summed E-state index contributed by atoms with van der Waals surface area (Å²) in [5.74, 6) is 0.506. The number of aryl methyl sites for hydroxylation is 1. The Kier molecular flexibility index (Phi) is 11.5. The first-order valence-electron chi connectivity index (χ1n) is 6.92. The van der Waals surface area contributed by atoms with Gasteiger partial charge >= 0.3 is 0 Å². The minimum atomic E-state index is -0.0918. The summed E-state index contributed by atoms with van der Waals surface area (Å²) in [6.45, 7) is 3.92. The fraction of sp³-hybridized carbons (Fsp3) is 0.467. The van der Waals surface area contributed by atoms with Crippen LogP contribution < -0.4 is 16.0 Å². The minimum Gasteiger partial charge on any atom is -0.383 e. The highest BCUT2D eigenvalue weighted by atomic mass is 127. The average molecular weight is 420 g/mol. The van der Waals surface area contributed by atoms with Gasteiger partial charge in [-0.3, -0.25) is 9.79 Å². The summed E-state index contributed by atoms with van der Waals surface area (Å²) in [4.78, 5) is 15.6. The molecule has 0 bridgehead atoms. The fourth-order valence-electron chi connectivity index (χ4n) is 1.73. The van der Waals surface area contributed by atoms with E-state index in [4.69, 9.17) is 4.74 Å². The monoisotopic (exact) mass is 420 g/mol. The summed E-state index contributed by atoms with van der Waals surface area (Å²) < 4.78 is 4.87. The molecule has 0 aliphatic heterocycles. The molecule has 1 amide bonds. The molecule has 7 heteroatoms. The molecule has 0 saturated heterocycles. The molecule has 0 fully saturated rings. The second-order valence-electron chi connectivity index (χ2n) is 4.55. The number of methoxy groups -OCH3 is 1. The number of amides is 1. The molecule has 0 aliphatic rings. The molecule has 0 spiro atoms. The molecule has 0 aliphatic carbocycles. The number of benzene rings is 1. The van der Waals surface area contributed by atoms with Crippen molar-refractivity contribution in [1.82, 2.24) is 16.0 Å². The van der Waals surface area contributed by atoms with Gasteiger partial charge in [0.1, 0.15) is 0 Å². The lowest BCUT2D eigenvalue weighted by molar-refractivity contribution is -0.120. The second kappa shape index (κ2) is 12.2. The number of hydrogen-bond donors (Lipinski definition) is 3. The van der Waals surface area contributed by atoms with Crippen molar-refractivity contribution in [2.75, 3.05) is 33.9 Å². The van der Waals surface area contributed by atoms with Gasteiger partial charge in [-0.1, -0.05) is 24.3 Å². The third-order valence-electron chi connectivity index (χ3n) is 2.98. The van der Waals surface area contributed by atoms with E-state index in [1.54, 1.807) is 14.2 Å². The van der Waals surface area contributed by atoms with E-state index < -0.39 is 0 Å². The van der Waals surface area contributed by atoms with Gasteiger partial charge in [0.25, 0.3) is 0 Å². The van der Waals surface area contributed by atoms with Gasteiger partial charge in [0.15, 0.2) is 5.96 Å². The van der Waals surface area contributed by atoms with Crippen LogP contribution in [0, 0.1) is 6.92 Å². The van der Waals surface area contributed by atoms with Crippen molar-refractivity contribution in [3.8, 4) is 0 Å². The van der Waals surface area contributed by atoms with E-state index in [1.807, 2.05) is 12.1 Å². The normalized spacial score (nSPS) is 10.6. The number of aliphatic imine (C=N–C) groups is 1. The summed E-state index contributed by atoms with van der Waals surface area (Å²) in [7, 11) is 3.28. The first kappa shape index (κ1) is 20.6. The van der Waals surface area contributed by atoms with Crippen LogP contribution >= 0.6 is 24.0 Å². The maximum atomic E-state index is 11.6. The molecule has 1 aromatic rings. The van der Waals surface area contributed by atoms with E-state index in [2.05, 4.69) is 40.0 Å². The van der Waals surface area contributed by atoms with Gasteiger partial charge in [0, 0.05) is 27.2 Å². The number of nitrogens with zero attached hydrogens (tertiary/aromatic N) is 1. The van der Waals surface area contributed by atoms with Gasteiger partial charge in [-0.2, -0.15) is 0 Å². The number of carbonyl (C=O) groups excluding carboxylic acids is 1. The third-order valence-corrected chi connectivity index (χ3v) is 2.98. The standard InChI is InChI=1S/C15H24N4O2.HI/c1-12-6-4-5-7-13(12)10-18-15(16-2)19-11-14(20)17-8-9-21-3;/h4-7H,8-11H2,1-3H3,(H,17,20)(H2,16,18,19);1H. The van der Waals surface area contributed by atoms with Crippen LogP contribution in [0.4, 0.5) is 0 Å². The number of ether oxygens (including phenoxy) is 1. The number of halogens is 1. The summed E-state index contributed by atoms with van der Waals surface area (Å²) in [6.07, 6.45) is 0. The van der Waals surface area contributed by atoms with Gasteiger partial charge in [0.2, 0.25) is 5.91 Å². The predicted octanol–water partition coefficient (Wildman–Crippen LogP) is 1.04. The average Bonchev–Trinajstić information content (AvgIpc) is 2.49. The van der Waals surface area contributed by atoms with Crippen LogP contribution in [0.3, 0.4) is 0 Å². The van der Waals surface area contributed by atoms with Crippen molar-refractivity contribution in [2.45, 2.75) is 13.5 Å². The summed E-state index contributed by atoms with van der Waals surface area (Å²) in [5, 5.41) is 8.89. The summed E-state index contributed by atoms with van der Waals surface area (Å²) in [6, 6.07) is 8.14. The van der Waals surface area contributed by atoms with Crippen LogP contribution in [0.5, 0.6) is 0 Å². The van der Waals surface area contributed by atoms with E-state index in [-0.39, 0.29) is 36.4 Å². The number of rotatable bonds is 7. The molecule has 3 N–H and O–H groups in total. The van der Waals surface area contributed by atoms with E-state index in [9.17, 15) is 4.79 Å². The van der Waals surface area contributed by atoms with Crippen LogP contribution in [0.15, 0.2) is 29.3 Å². The van der Waals surface area contributed by atoms with Gasteiger partial charge < -0.3 is 20.7 Å². The molecule has 0 heterocycles. The molecule has 6 nitrogen and oxygen atoms in total. The third kappa shape index (κ3) is 8.18. The Labute approximate surface area is 149 Å². The lowest BCUT2D eigenvalue weighted by Gasteiger charge is -2.13. The molecule has 0 radical (unpaired) electrons. The van der Waals surface area contributed by atoms with Crippen LogP contribution in [0.1, 0.15) is 11.1 Å². The SMILES string of the molecule is CN=C(NCC(=O)NCCOC)NCc1ccccc1C.I. The lowest BCUT2D eigenvalue weighted by Crippen LogP contribution is -2.43. The van der Waals surface area contributed by atoms with Crippen molar-refractivity contribution in [3.05, 3.63) is 35.4 Å². The quantitative estimate of drug-likeness (QED) is 0.267. The highest BCUT2D eigenvalue weighted by Crippen LogP contribution is 2.05. The van der Waals surface area contributed by atoms with Gasteiger partial charge in [-0.25, -0.2) is 0 Å². The zero-order valence-corrected chi connectivity index (χ0v) is 15.6. The van der Waals surface area contributed by atoms with Crippen LogP contribution in [-0.2, 0) is 16.1 Å². The summed E-state index contributed by atoms with van der Waals surface area (Å²) in [5.41, 5.74) is 2.42. The molecule has 1 aromatic carbocycles. The summed E-state index contributed by atoms with van der Waals surface area (Å²) >= 11 is 0. The van der Waals surface area contributed by atoms with Crippen LogP contribution in [0.25, 0.3) is 0 Å². The molecule has 0 unspecified atom stereocenters. The van der Waals surface area contributed by atoms with Crippen molar-refractivity contribution in [3.63, 3.8) is 0 Å². The largest absolute Gasteiger partial charge is 0.383 e. The van der Waals surface area contributed by atoms with Gasteiger partial charge in [-0.05, 0) is 18.1 Å².